The molecular formula is C20H26ClN3O3S. The topological polar surface area (TPSA) is 63.7 Å². The third-order valence-corrected chi connectivity index (χ3v) is 5.57. The maximum absolute atomic E-state index is 12.8. The Bertz CT molecular complexity index is 764. The molecule has 1 fully saturated rings. The molecule has 1 aliphatic rings. The van der Waals surface area contributed by atoms with Crippen molar-refractivity contribution >= 4 is 30.1 Å². The van der Waals surface area contributed by atoms with Crippen LogP contribution >= 0.6 is 24.2 Å². The molecule has 152 valence electrons. The lowest BCUT2D eigenvalue weighted by molar-refractivity contribution is -0.134. The van der Waals surface area contributed by atoms with E-state index in [0.29, 0.717) is 17.9 Å². The van der Waals surface area contributed by atoms with E-state index in [9.17, 15) is 4.79 Å². The molecule has 0 spiro atoms. The van der Waals surface area contributed by atoms with Crippen molar-refractivity contribution in [1.29, 1.82) is 0 Å². The molecule has 1 amide bonds. The number of hydrogen-bond acceptors (Lipinski definition) is 6. The summed E-state index contributed by atoms with van der Waals surface area (Å²) < 4.78 is 10.6. The van der Waals surface area contributed by atoms with Crippen LogP contribution in [0.25, 0.3) is 0 Å². The largest absolute Gasteiger partial charge is 0.493 e. The predicted molar refractivity (Wildman–Crippen MR) is 114 cm³/mol. The molecule has 1 unspecified atom stereocenters. The van der Waals surface area contributed by atoms with Crippen molar-refractivity contribution < 1.29 is 14.3 Å². The number of nitrogens with one attached hydrogen (secondary N) is 1. The summed E-state index contributed by atoms with van der Waals surface area (Å²) in [6.45, 7) is 2.31. The van der Waals surface area contributed by atoms with Crippen LogP contribution in [0.4, 0.5) is 0 Å². The lowest BCUT2D eigenvalue weighted by atomic mass is 10.1. The highest BCUT2D eigenvalue weighted by Crippen LogP contribution is 2.32. The Balaban J connectivity index is 0.00000280. The molecule has 1 saturated heterocycles. The SMILES string of the molecule is COc1ccc(SCCC(=O)N2CCNCC2c2cccnc2)cc1OC.Cl. The number of carbonyl (C=O) groups is 1. The number of benzene rings is 1. The molecule has 6 nitrogen and oxygen atoms in total. The van der Waals surface area contributed by atoms with E-state index in [1.807, 2.05) is 41.4 Å². The Morgan fingerprint density at radius 1 is 1.29 bits per heavy atom. The third-order valence-electron chi connectivity index (χ3n) is 4.57. The fourth-order valence-corrected chi connectivity index (χ4v) is 4.05. The highest BCUT2D eigenvalue weighted by atomic mass is 35.5. The molecule has 28 heavy (non-hydrogen) atoms. The number of rotatable bonds is 7. The minimum atomic E-state index is 0. The number of aromatic nitrogens is 1. The van der Waals surface area contributed by atoms with E-state index in [2.05, 4.69) is 10.3 Å². The molecule has 0 bridgehead atoms. The number of hydrogen-bond donors (Lipinski definition) is 1. The maximum atomic E-state index is 12.8. The van der Waals surface area contributed by atoms with Crippen LogP contribution in [0.15, 0.2) is 47.6 Å². The number of ether oxygens (including phenoxy) is 2. The van der Waals surface area contributed by atoms with E-state index in [0.717, 1.165) is 35.8 Å². The van der Waals surface area contributed by atoms with Crippen molar-refractivity contribution in [3.05, 3.63) is 48.3 Å². The Morgan fingerprint density at radius 3 is 2.82 bits per heavy atom. The summed E-state index contributed by atoms with van der Waals surface area (Å²) in [6, 6.07) is 9.81. The summed E-state index contributed by atoms with van der Waals surface area (Å²) in [5.41, 5.74) is 1.07. The number of methoxy groups -OCH3 is 2. The zero-order valence-corrected chi connectivity index (χ0v) is 17.7. The van der Waals surface area contributed by atoms with E-state index in [1.165, 1.54) is 0 Å². The van der Waals surface area contributed by atoms with Gasteiger partial charge in [-0.3, -0.25) is 9.78 Å². The second kappa shape index (κ2) is 11.1. The maximum Gasteiger partial charge on any atom is 0.224 e. The van der Waals surface area contributed by atoms with Crippen LogP contribution in [0.2, 0.25) is 0 Å². The number of amides is 1. The van der Waals surface area contributed by atoms with Crippen molar-refractivity contribution in [2.24, 2.45) is 0 Å². The molecule has 1 aromatic carbocycles. The van der Waals surface area contributed by atoms with Gasteiger partial charge in [-0.2, -0.15) is 0 Å². The Labute approximate surface area is 176 Å². The molecule has 1 N–H and O–H groups in total. The normalized spacial score (nSPS) is 16.2. The van der Waals surface area contributed by atoms with Gasteiger partial charge >= 0.3 is 0 Å². The smallest absolute Gasteiger partial charge is 0.224 e. The molecule has 0 radical (unpaired) electrons. The number of halogens is 1. The van der Waals surface area contributed by atoms with Crippen molar-refractivity contribution in [2.45, 2.75) is 17.4 Å². The van der Waals surface area contributed by atoms with Crippen LogP contribution in [-0.4, -0.2) is 55.4 Å². The monoisotopic (exact) mass is 423 g/mol. The minimum absolute atomic E-state index is 0. The first-order valence-corrected chi connectivity index (χ1v) is 9.96. The highest BCUT2D eigenvalue weighted by molar-refractivity contribution is 7.99. The van der Waals surface area contributed by atoms with Crippen LogP contribution in [0, 0.1) is 0 Å². The van der Waals surface area contributed by atoms with Crippen molar-refractivity contribution in [3.63, 3.8) is 0 Å². The standard InChI is InChI=1S/C20H25N3O3S.ClH/c1-25-18-6-5-16(12-19(18)26-2)27-11-7-20(24)23-10-9-22-14-17(23)15-4-3-8-21-13-15;/h3-6,8,12-13,17,22H,7,9-11,14H2,1-2H3;1H. The fourth-order valence-electron chi connectivity index (χ4n) is 3.18. The lowest BCUT2D eigenvalue weighted by Crippen LogP contribution is -2.48. The molecular weight excluding hydrogens is 398 g/mol. The number of pyridine rings is 1. The third kappa shape index (κ3) is 5.53. The summed E-state index contributed by atoms with van der Waals surface area (Å²) >= 11 is 1.65. The van der Waals surface area contributed by atoms with E-state index >= 15 is 0 Å². The Kier molecular flexibility index (Phi) is 8.89. The Morgan fingerprint density at radius 2 is 2.11 bits per heavy atom. The first kappa shape index (κ1) is 22.3. The van der Waals surface area contributed by atoms with Gasteiger partial charge in [-0.05, 0) is 29.8 Å². The van der Waals surface area contributed by atoms with Gasteiger partial charge in [0.15, 0.2) is 11.5 Å². The Hall–Kier alpha value is -1.96. The van der Waals surface area contributed by atoms with E-state index in [-0.39, 0.29) is 24.4 Å². The lowest BCUT2D eigenvalue weighted by Gasteiger charge is -2.36. The second-order valence-corrected chi connectivity index (χ2v) is 7.38. The summed E-state index contributed by atoms with van der Waals surface area (Å²) in [7, 11) is 3.24. The molecule has 2 heterocycles. The van der Waals surface area contributed by atoms with Crippen LogP contribution in [0.3, 0.4) is 0 Å². The summed E-state index contributed by atoms with van der Waals surface area (Å²) in [5, 5.41) is 3.37. The van der Waals surface area contributed by atoms with Gasteiger partial charge < -0.3 is 19.7 Å². The average molecular weight is 424 g/mol. The summed E-state index contributed by atoms with van der Waals surface area (Å²) in [5.74, 6) is 2.31. The molecule has 1 atom stereocenters. The molecule has 0 aliphatic carbocycles. The van der Waals surface area contributed by atoms with Gasteiger partial charge in [0.1, 0.15) is 0 Å². The van der Waals surface area contributed by atoms with Crippen LogP contribution < -0.4 is 14.8 Å². The summed E-state index contributed by atoms with van der Waals surface area (Å²) in [4.78, 5) is 20.0. The fraction of sp³-hybridized carbons (Fsp3) is 0.400. The molecule has 8 heteroatoms. The molecule has 1 aromatic heterocycles. The van der Waals surface area contributed by atoms with Gasteiger partial charge in [0, 0.05) is 49.1 Å². The average Bonchev–Trinajstić information content (AvgIpc) is 2.74. The predicted octanol–water partition coefficient (Wildman–Crippen LogP) is 3.18. The van der Waals surface area contributed by atoms with Gasteiger partial charge in [0.05, 0.1) is 20.3 Å². The van der Waals surface area contributed by atoms with Gasteiger partial charge in [-0.15, -0.1) is 24.2 Å². The van der Waals surface area contributed by atoms with Gasteiger partial charge in [0.25, 0.3) is 0 Å². The van der Waals surface area contributed by atoms with E-state index in [1.54, 1.807) is 32.2 Å². The first-order valence-electron chi connectivity index (χ1n) is 8.98. The number of thioether (sulfide) groups is 1. The van der Waals surface area contributed by atoms with E-state index < -0.39 is 0 Å². The molecule has 3 rings (SSSR count). The van der Waals surface area contributed by atoms with Gasteiger partial charge in [-0.1, -0.05) is 6.07 Å². The number of nitrogens with zero attached hydrogens (tertiary/aromatic N) is 2. The van der Waals surface area contributed by atoms with Crippen molar-refractivity contribution in [1.82, 2.24) is 15.2 Å². The minimum Gasteiger partial charge on any atom is -0.493 e. The van der Waals surface area contributed by atoms with Crippen molar-refractivity contribution in [2.75, 3.05) is 39.6 Å². The second-order valence-electron chi connectivity index (χ2n) is 6.21. The molecule has 1 aliphatic heterocycles. The molecule has 0 saturated carbocycles. The van der Waals surface area contributed by atoms with Crippen LogP contribution in [0.1, 0.15) is 18.0 Å². The zero-order valence-electron chi connectivity index (χ0n) is 16.1. The summed E-state index contributed by atoms with van der Waals surface area (Å²) in [6.07, 6.45) is 4.10. The van der Waals surface area contributed by atoms with Crippen molar-refractivity contribution in [3.8, 4) is 11.5 Å². The van der Waals surface area contributed by atoms with E-state index in [4.69, 9.17) is 9.47 Å². The number of piperazine rings is 1. The molecule has 2 aromatic rings. The highest BCUT2D eigenvalue weighted by Gasteiger charge is 2.27. The zero-order chi connectivity index (χ0) is 19.1. The van der Waals surface area contributed by atoms with Crippen LogP contribution in [-0.2, 0) is 4.79 Å². The van der Waals surface area contributed by atoms with Gasteiger partial charge in [-0.25, -0.2) is 0 Å². The number of carbonyl (C=O) groups excluding carboxylic acids is 1. The first-order chi connectivity index (χ1) is 13.2. The quantitative estimate of drug-likeness (QED) is 0.690. The van der Waals surface area contributed by atoms with Gasteiger partial charge in [0.2, 0.25) is 5.91 Å². The van der Waals surface area contributed by atoms with Crippen LogP contribution in [0.5, 0.6) is 11.5 Å².